The molecule has 0 aliphatic carbocycles. The Morgan fingerprint density at radius 1 is 1.60 bits per heavy atom. The largest absolute Gasteiger partial charge is 0.396 e. The van der Waals surface area contributed by atoms with Gasteiger partial charge in [-0.05, 0) is 32.2 Å². The molecule has 0 bridgehead atoms. The average Bonchev–Trinajstić information content (AvgIpc) is 2.29. The Labute approximate surface area is 91.4 Å². The van der Waals surface area contributed by atoms with E-state index < -0.39 is 0 Å². The summed E-state index contributed by atoms with van der Waals surface area (Å²) in [6, 6.07) is 0.0458. The summed E-state index contributed by atoms with van der Waals surface area (Å²) in [6.07, 6.45) is 2.04. The first kappa shape index (κ1) is 12.5. The Kier molecular flexibility index (Phi) is 5.05. The molecule has 15 heavy (non-hydrogen) atoms. The molecule has 1 saturated heterocycles. The molecule has 3 atom stereocenters. The molecule has 1 fully saturated rings. The summed E-state index contributed by atoms with van der Waals surface area (Å²) in [5.41, 5.74) is 0. The number of hydrogen-bond donors (Lipinski definition) is 3. The third kappa shape index (κ3) is 3.80. The van der Waals surface area contributed by atoms with Crippen molar-refractivity contribution in [1.29, 1.82) is 0 Å². The van der Waals surface area contributed by atoms with Gasteiger partial charge in [-0.15, -0.1) is 0 Å². The highest BCUT2D eigenvalue weighted by atomic mass is 16.3. The Morgan fingerprint density at radius 3 is 2.87 bits per heavy atom. The van der Waals surface area contributed by atoms with Gasteiger partial charge in [0.25, 0.3) is 0 Å². The van der Waals surface area contributed by atoms with Crippen LogP contribution in [0.1, 0.15) is 26.7 Å². The maximum Gasteiger partial charge on any atom is 0.224 e. The molecule has 4 nitrogen and oxygen atoms in total. The summed E-state index contributed by atoms with van der Waals surface area (Å²) < 4.78 is 0. The van der Waals surface area contributed by atoms with Crippen molar-refractivity contribution >= 4 is 5.91 Å². The van der Waals surface area contributed by atoms with Crippen LogP contribution in [0.15, 0.2) is 0 Å². The number of rotatable bonds is 4. The lowest BCUT2D eigenvalue weighted by Crippen LogP contribution is -2.45. The molecule has 1 aliphatic heterocycles. The first-order valence-electron chi connectivity index (χ1n) is 5.77. The number of hydrogen-bond acceptors (Lipinski definition) is 3. The van der Waals surface area contributed by atoms with E-state index >= 15 is 0 Å². The van der Waals surface area contributed by atoms with Gasteiger partial charge in [-0.1, -0.05) is 6.92 Å². The van der Waals surface area contributed by atoms with Crippen molar-refractivity contribution in [1.82, 2.24) is 10.6 Å². The minimum absolute atomic E-state index is 0.0458. The first-order chi connectivity index (χ1) is 7.15. The van der Waals surface area contributed by atoms with E-state index in [4.69, 9.17) is 5.11 Å². The molecule has 1 aliphatic rings. The van der Waals surface area contributed by atoms with Crippen LogP contribution in [0.5, 0.6) is 0 Å². The van der Waals surface area contributed by atoms with Crippen LogP contribution in [-0.4, -0.2) is 36.8 Å². The maximum absolute atomic E-state index is 11.8. The highest BCUT2D eigenvalue weighted by molar-refractivity contribution is 5.79. The van der Waals surface area contributed by atoms with Crippen LogP contribution in [0.2, 0.25) is 0 Å². The predicted molar refractivity (Wildman–Crippen MR) is 59.4 cm³/mol. The second-order valence-corrected chi connectivity index (χ2v) is 4.50. The summed E-state index contributed by atoms with van der Waals surface area (Å²) in [4.78, 5) is 11.8. The molecule has 4 heteroatoms. The van der Waals surface area contributed by atoms with Gasteiger partial charge < -0.3 is 15.7 Å². The molecule has 0 saturated carbocycles. The van der Waals surface area contributed by atoms with Gasteiger partial charge in [0.15, 0.2) is 0 Å². The van der Waals surface area contributed by atoms with E-state index in [1.807, 2.05) is 13.8 Å². The van der Waals surface area contributed by atoms with Gasteiger partial charge in [0.1, 0.15) is 0 Å². The fourth-order valence-corrected chi connectivity index (χ4v) is 1.72. The SMILES string of the molecule is CC(CO)C(C)NC(=O)C1CCCNC1. The fraction of sp³-hybridized carbons (Fsp3) is 0.909. The molecule has 0 radical (unpaired) electrons. The maximum atomic E-state index is 11.8. The fourth-order valence-electron chi connectivity index (χ4n) is 1.72. The Balaban J connectivity index is 2.33. The quantitative estimate of drug-likeness (QED) is 0.623. The standard InChI is InChI=1S/C11H22N2O2/c1-8(7-14)9(2)13-11(15)10-4-3-5-12-6-10/h8-10,12,14H,3-7H2,1-2H3,(H,13,15). The zero-order valence-corrected chi connectivity index (χ0v) is 9.62. The van der Waals surface area contributed by atoms with E-state index in [2.05, 4.69) is 10.6 Å². The highest BCUT2D eigenvalue weighted by Crippen LogP contribution is 2.11. The van der Waals surface area contributed by atoms with Gasteiger partial charge in [-0.2, -0.15) is 0 Å². The summed E-state index contributed by atoms with van der Waals surface area (Å²) in [7, 11) is 0. The van der Waals surface area contributed by atoms with Crippen molar-refractivity contribution in [2.24, 2.45) is 11.8 Å². The Morgan fingerprint density at radius 2 is 2.33 bits per heavy atom. The molecule has 1 rings (SSSR count). The van der Waals surface area contributed by atoms with Crippen LogP contribution in [0, 0.1) is 11.8 Å². The predicted octanol–water partition coefficient (Wildman–Crippen LogP) is 0.119. The van der Waals surface area contributed by atoms with Gasteiger partial charge in [-0.25, -0.2) is 0 Å². The zero-order chi connectivity index (χ0) is 11.3. The Bertz CT molecular complexity index is 203. The molecule has 1 heterocycles. The first-order valence-corrected chi connectivity index (χ1v) is 5.77. The monoisotopic (exact) mass is 214 g/mol. The summed E-state index contributed by atoms with van der Waals surface area (Å²) in [6.45, 7) is 5.79. The van der Waals surface area contributed by atoms with Crippen LogP contribution in [0.3, 0.4) is 0 Å². The van der Waals surface area contributed by atoms with Crippen molar-refractivity contribution < 1.29 is 9.90 Å². The van der Waals surface area contributed by atoms with Gasteiger partial charge >= 0.3 is 0 Å². The summed E-state index contributed by atoms with van der Waals surface area (Å²) in [5, 5.41) is 15.1. The molecule has 88 valence electrons. The number of carbonyl (C=O) groups is 1. The highest BCUT2D eigenvalue weighted by Gasteiger charge is 2.23. The normalized spacial score (nSPS) is 25.7. The summed E-state index contributed by atoms with van der Waals surface area (Å²) >= 11 is 0. The van der Waals surface area contributed by atoms with Crippen LogP contribution in [0.25, 0.3) is 0 Å². The minimum Gasteiger partial charge on any atom is -0.396 e. The third-order valence-corrected chi connectivity index (χ3v) is 3.18. The molecule has 3 N–H and O–H groups in total. The smallest absolute Gasteiger partial charge is 0.224 e. The van der Waals surface area contributed by atoms with Gasteiger partial charge in [0.2, 0.25) is 5.91 Å². The van der Waals surface area contributed by atoms with Crippen molar-refractivity contribution in [3.05, 3.63) is 0 Å². The summed E-state index contributed by atoms with van der Waals surface area (Å²) in [5.74, 6) is 0.340. The van der Waals surface area contributed by atoms with E-state index in [0.29, 0.717) is 0 Å². The lowest BCUT2D eigenvalue weighted by molar-refractivity contribution is -0.126. The van der Waals surface area contributed by atoms with Crippen molar-refractivity contribution in [3.8, 4) is 0 Å². The average molecular weight is 214 g/mol. The van der Waals surface area contributed by atoms with Crippen molar-refractivity contribution in [3.63, 3.8) is 0 Å². The van der Waals surface area contributed by atoms with Crippen LogP contribution >= 0.6 is 0 Å². The number of amides is 1. The van der Waals surface area contributed by atoms with Gasteiger partial charge in [-0.3, -0.25) is 4.79 Å². The minimum atomic E-state index is 0.0458. The number of aliphatic hydroxyl groups excluding tert-OH is 1. The molecule has 0 aromatic carbocycles. The lowest BCUT2D eigenvalue weighted by Gasteiger charge is -2.25. The molecule has 1 amide bonds. The van der Waals surface area contributed by atoms with E-state index in [9.17, 15) is 4.79 Å². The zero-order valence-electron chi connectivity index (χ0n) is 9.62. The Hall–Kier alpha value is -0.610. The second-order valence-electron chi connectivity index (χ2n) is 4.50. The van der Waals surface area contributed by atoms with Gasteiger partial charge in [0, 0.05) is 19.2 Å². The third-order valence-electron chi connectivity index (χ3n) is 3.18. The van der Waals surface area contributed by atoms with E-state index in [1.54, 1.807) is 0 Å². The van der Waals surface area contributed by atoms with E-state index in [0.717, 1.165) is 25.9 Å². The van der Waals surface area contributed by atoms with E-state index in [1.165, 1.54) is 0 Å². The number of nitrogens with one attached hydrogen (secondary N) is 2. The molecular formula is C11H22N2O2. The molecule has 0 aromatic rings. The molecular weight excluding hydrogens is 192 g/mol. The molecule has 0 aromatic heterocycles. The number of aliphatic hydroxyl groups is 1. The number of carbonyl (C=O) groups excluding carboxylic acids is 1. The van der Waals surface area contributed by atoms with Crippen LogP contribution in [0.4, 0.5) is 0 Å². The van der Waals surface area contributed by atoms with Crippen LogP contribution in [-0.2, 0) is 4.79 Å². The van der Waals surface area contributed by atoms with E-state index in [-0.39, 0.29) is 30.4 Å². The molecule has 3 unspecified atom stereocenters. The number of piperidine rings is 1. The van der Waals surface area contributed by atoms with Crippen LogP contribution < -0.4 is 10.6 Å². The lowest BCUT2D eigenvalue weighted by atomic mass is 9.97. The van der Waals surface area contributed by atoms with Gasteiger partial charge in [0.05, 0.1) is 5.92 Å². The second kappa shape index (κ2) is 6.08. The van der Waals surface area contributed by atoms with Crippen molar-refractivity contribution in [2.75, 3.05) is 19.7 Å². The molecule has 0 spiro atoms. The van der Waals surface area contributed by atoms with Crippen molar-refractivity contribution in [2.45, 2.75) is 32.7 Å². The topological polar surface area (TPSA) is 61.4 Å².